The van der Waals surface area contributed by atoms with Gasteiger partial charge in [0.15, 0.2) is 0 Å². The molecular formula is C23H25NO4. The van der Waals surface area contributed by atoms with Gasteiger partial charge in [0.25, 0.3) is 0 Å². The Kier molecular flexibility index (Phi) is 4.07. The van der Waals surface area contributed by atoms with Gasteiger partial charge in [-0.15, -0.1) is 0 Å². The lowest BCUT2D eigenvalue weighted by atomic mass is 9.85. The minimum absolute atomic E-state index is 0.0915. The van der Waals surface area contributed by atoms with Crippen LogP contribution in [0.4, 0.5) is 5.69 Å². The van der Waals surface area contributed by atoms with Crippen molar-refractivity contribution in [1.29, 1.82) is 0 Å². The van der Waals surface area contributed by atoms with Gasteiger partial charge in [-0.3, -0.25) is 9.59 Å². The van der Waals surface area contributed by atoms with Gasteiger partial charge in [0.1, 0.15) is 11.5 Å². The Morgan fingerprint density at radius 3 is 2.11 bits per heavy atom. The van der Waals surface area contributed by atoms with E-state index >= 15 is 0 Å². The van der Waals surface area contributed by atoms with Crippen LogP contribution < -0.4 is 14.4 Å². The lowest BCUT2D eigenvalue weighted by Crippen LogP contribution is -2.33. The van der Waals surface area contributed by atoms with Gasteiger partial charge in [-0.1, -0.05) is 29.7 Å². The zero-order valence-corrected chi connectivity index (χ0v) is 16.3. The van der Waals surface area contributed by atoms with Gasteiger partial charge in [-0.25, -0.2) is 4.90 Å². The average Bonchev–Trinajstić information content (AvgIpc) is 3.38. The van der Waals surface area contributed by atoms with Crippen molar-refractivity contribution in [2.75, 3.05) is 19.1 Å². The fraction of sp³-hybridized carbons (Fsp3) is 0.478. The molecular weight excluding hydrogens is 354 g/mol. The average molecular weight is 379 g/mol. The predicted molar refractivity (Wildman–Crippen MR) is 105 cm³/mol. The van der Waals surface area contributed by atoms with Gasteiger partial charge in [-0.2, -0.15) is 0 Å². The van der Waals surface area contributed by atoms with Crippen LogP contribution in [0.15, 0.2) is 41.5 Å². The van der Waals surface area contributed by atoms with E-state index in [-0.39, 0.29) is 35.5 Å². The Balaban J connectivity index is 1.52. The summed E-state index contributed by atoms with van der Waals surface area (Å²) in [4.78, 5) is 28.2. The maximum absolute atomic E-state index is 13.4. The molecule has 2 amide bonds. The summed E-state index contributed by atoms with van der Waals surface area (Å²) >= 11 is 0. The first-order chi connectivity index (χ1) is 13.7. The van der Waals surface area contributed by atoms with E-state index in [1.807, 2.05) is 0 Å². The van der Waals surface area contributed by atoms with E-state index in [1.165, 1.54) is 35.3 Å². The van der Waals surface area contributed by atoms with Crippen LogP contribution in [-0.2, 0) is 9.59 Å². The van der Waals surface area contributed by atoms with Gasteiger partial charge >= 0.3 is 0 Å². The molecule has 28 heavy (non-hydrogen) atoms. The van der Waals surface area contributed by atoms with Crippen molar-refractivity contribution in [2.45, 2.75) is 32.1 Å². The molecule has 0 N–H and O–H groups in total. The van der Waals surface area contributed by atoms with E-state index in [0.717, 1.165) is 12.8 Å². The summed E-state index contributed by atoms with van der Waals surface area (Å²) < 4.78 is 10.7. The normalized spacial score (nSPS) is 31.0. The minimum atomic E-state index is -0.265. The number of anilines is 1. The minimum Gasteiger partial charge on any atom is -0.497 e. The maximum atomic E-state index is 13.4. The molecule has 4 atom stereocenters. The van der Waals surface area contributed by atoms with Crippen molar-refractivity contribution in [2.24, 2.45) is 23.7 Å². The number of fused-ring (bicyclic) bond motifs is 5. The van der Waals surface area contributed by atoms with Crippen LogP contribution >= 0.6 is 0 Å². The van der Waals surface area contributed by atoms with Gasteiger partial charge < -0.3 is 9.47 Å². The second-order valence-electron chi connectivity index (χ2n) is 8.16. The van der Waals surface area contributed by atoms with E-state index in [1.54, 1.807) is 32.4 Å². The number of carbonyl (C=O) groups is 2. The third kappa shape index (κ3) is 2.31. The summed E-state index contributed by atoms with van der Waals surface area (Å²) in [5, 5.41) is 0. The third-order valence-corrected chi connectivity index (χ3v) is 6.91. The number of allylic oxidation sites excluding steroid dienone is 4. The Hall–Kier alpha value is -2.56. The quantitative estimate of drug-likeness (QED) is 0.591. The largest absolute Gasteiger partial charge is 0.497 e. The van der Waals surface area contributed by atoms with Crippen LogP contribution in [-0.4, -0.2) is 26.0 Å². The third-order valence-electron chi connectivity index (χ3n) is 6.91. The van der Waals surface area contributed by atoms with Crippen LogP contribution in [0.5, 0.6) is 11.5 Å². The zero-order valence-electron chi connectivity index (χ0n) is 16.3. The van der Waals surface area contributed by atoms with E-state index in [9.17, 15) is 9.59 Å². The maximum Gasteiger partial charge on any atom is 0.238 e. The summed E-state index contributed by atoms with van der Waals surface area (Å²) in [7, 11) is 3.12. The molecule has 0 spiro atoms. The molecule has 3 aliphatic carbocycles. The number of ether oxygens (including phenoxy) is 2. The molecule has 5 rings (SSSR count). The number of amides is 2. The molecule has 1 aromatic rings. The molecule has 1 saturated heterocycles. The summed E-state index contributed by atoms with van der Waals surface area (Å²) in [6, 6.07) is 5.21. The zero-order chi connectivity index (χ0) is 19.4. The summed E-state index contributed by atoms with van der Waals surface area (Å²) in [5.74, 6) is 0.576. The summed E-state index contributed by atoms with van der Waals surface area (Å²) in [6.45, 7) is 0. The first kappa shape index (κ1) is 17.5. The van der Waals surface area contributed by atoms with Gasteiger partial charge in [0.05, 0.1) is 31.7 Å². The van der Waals surface area contributed by atoms with E-state index in [0.29, 0.717) is 17.2 Å². The Bertz CT molecular complexity index is 873. The van der Waals surface area contributed by atoms with Crippen LogP contribution in [0, 0.1) is 23.7 Å². The van der Waals surface area contributed by atoms with Crippen LogP contribution in [0.2, 0.25) is 0 Å². The fourth-order valence-electron chi connectivity index (χ4n) is 5.71. The lowest BCUT2D eigenvalue weighted by molar-refractivity contribution is -0.123. The lowest BCUT2D eigenvalue weighted by Gasteiger charge is -2.24. The van der Waals surface area contributed by atoms with Crippen molar-refractivity contribution in [3.05, 3.63) is 41.5 Å². The summed E-state index contributed by atoms with van der Waals surface area (Å²) in [6.07, 6.45) is 10.3. The van der Waals surface area contributed by atoms with E-state index in [4.69, 9.17) is 9.47 Å². The standard InChI is InChI=1S/C23H25NO4/c1-27-14-8-11-17(18(12-14)28-2)24-22(25)20-15-9-10-16(21(20)23(24)26)19(15)13-6-4-3-5-7-13/h8-12,15-16,20-21H,3-7H2,1-2H3/t15-,16+,20-,21+. The Morgan fingerprint density at radius 1 is 0.893 bits per heavy atom. The van der Waals surface area contributed by atoms with Gasteiger partial charge in [0, 0.05) is 17.9 Å². The second kappa shape index (κ2) is 6.50. The molecule has 0 unspecified atom stereocenters. The van der Waals surface area contributed by atoms with Crippen LogP contribution in [0.3, 0.4) is 0 Å². The molecule has 4 aliphatic rings. The summed E-state index contributed by atoms with van der Waals surface area (Å²) in [5.41, 5.74) is 3.41. The molecule has 2 bridgehead atoms. The smallest absolute Gasteiger partial charge is 0.238 e. The van der Waals surface area contributed by atoms with Crippen LogP contribution in [0.25, 0.3) is 0 Å². The monoisotopic (exact) mass is 379 g/mol. The van der Waals surface area contributed by atoms with E-state index < -0.39 is 0 Å². The molecule has 0 aromatic heterocycles. The molecule has 2 saturated carbocycles. The van der Waals surface area contributed by atoms with E-state index in [2.05, 4.69) is 12.2 Å². The molecule has 1 aromatic carbocycles. The van der Waals surface area contributed by atoms with Crippen molar-refractivity contribution >= 4 is 17.5 Å². The van der Waals surface area contributed by atoms with Crippen molar-refractivity contribution in [1.82, 2.24) is 0 Å². The number of methoxy groups -OCH3 is 2. The number of hydrogen-bond donors (Lipinski definition) is 0. The van der Waals surface area contributed by atoms with Crippen LogP contribution in [0.1, 0.15) is 32.1 Å². The number of carbonyl (C=O) groups excluding carboxylic acids is 2. The SMILES string of the molecule is COc1ccc(N2C(=O)[C@@H]3[C@H](C2=O)[C@@H]2C=C[C@H]3C2=C2CCCCC2)c(OC)c1. The fourth-order valence-corrected chi connectivity index (χ4v) is 5.71. The number of hydrogen-bond acceptors (Lipinski definition) is 4. The topological polar surface area (TPSA) is 55.8 Å². The van der Waals surface area contributed by atoms with Crippen molar-refractivity contribution in [3.63, 3.8) is 0 Å². The molecule has 5 nitrogen and oxygen atoms in total. The van der Waals surface area contributed by atoms with Gasteiger partial charge in [0.2, 0.25) is 11.8 Å². The molecule has 146 valence electrons. The van der Waals surface area contributed by atoms with Crippen molar-refractivity contribution < 1.29 is 19.1 Å². The molecule has 1 heterocycles. The highest BCUT2D eigenvalue weighted by Gasteiger charge is 2.62. The molecule has 3 fully saturated rings. The van der Waals surface area contributed by atoms with Crippen molar-refractivity contribution in [3.8, 4) is 11.5 Å². The number of benzene rings is 1. The highest BCUT2D eigenvalue weighted by atomic mass is 16.5. The Labute approximate surface area is 165 Å². The number of rotatable bonds is 3. The molecule has 5 heteroatoms. The van der Waals surface area contributed by atoms with Gasteiger partial charge in [-0.05, 0) is 37.8 Å². The first-order valence-electron chi connectivity index (χ1n) is 10.2. The first-order valence-corrected chi connectivity index (χ1v) is 10.2. The highest BCUT2D eigenvalue weighted by molar-refractivity contribution is 6.24. The Morgan fingerprint density at radius 2 is 1.54 bits per heavy atom. The second-order valence-corrected chi connectivity index (χ2v) is 8.16. The number of imide groups is 1. The highest BCUT2D eigenvalue weighted by Crippen LogP contribution is 2.58. The molecule has 1 aliphatic heterocycles. The predicted octanol–water partition coefficient (Wildman–Crippen LogP) is 3.89. The molecule has 0 radical (unpaired) electrons. The number of nitrogens with zero attached hydrogens (tertiary/aromatic N) is 1.